The maximum Gasteiger partial charge on any atom is 0.345 e. The van der Waals surface area contributed by atoms with Gasteiger partial charge in [-0.25, -0.2) is 9.79 Å². The molecule has 2 amide bonds. The second-order valence-corrected chi connectivity index (χ2v) is 4.58. The number of aromatic nitrogens is 1. The molecule has 1 heterocycles. The van der Waals surface area contributed by atoms with Crippen LogP contribution in [0.25, 0.3) is 0 Å². The van der Waals surface area contributed by atoms with Crippen LogP contribution < -0.4 is 5.32 Å². The van der Waals surface area contributed by atoms with E-state index in [4.69, 9.17) is 0 Å². The lowest BCUT2D eigenvalue weighted by Crippen LogP contribution is -2.06. The third-order valence-corrected chi connectivity index (χ3v) is 3.10. The van der Waals surface area contributed by atoms with Crippen LogP contribution in [-0.4, -0.2) is 23.5 Å². The average molecular weight is 271 g/mol. The summed E-state index contributed by atoms with van der Waals surface area (Å²) in [5.74, 6) is 0. The topological polar surface area (TPSA) is 54.4 Å². The fourth-order valence-corrected chi connectivity index (χ4v) is 1.82. The zero-order valence-corrected chi connectivity index (χ0v) is 11.2. The van der Waals surface area contributed by atoms with Crippen molar-refractivity contribution in [2.24, 2.45) is 4.99 Å². The van der Waals surface area contributed by atoms with E-state index in [1.165, 1.54) is 6.21 Å². The molecule has 0 aliphatic rings. The van der Waals surface area contributed by atoms with Crippen LogP contribution in [0.5, 0.6) is 0 Å². The molecular weight excluding hydrogens is 258 g/mol. The van der Waals surface area contributed by atoms with Crippen LogP contribution in [0.4, 0.5) is 10.5 Å². The highest BCUT2D eigenvalue weighted by Gasteiger charge is 1.99. The molecule has 0 atom stereocenters. The quantitative estimate of drug-likeness (QED) is 0.687. The summed E-state index contributed by atoms with van der Waals surface area (Å²) in [6.07, 6.45) is 6.80. The minimum absolute atomic E-state index is 0.402. The number of nitrogens with one attached hydrogen (secondary N) is 1. The number of hydrogen-bond acceptors (Lipinski definition) is 3. The molecule has 4 nitrogen and oxygen atoms in total. The zero-order chi connectivity index (χ0) is 13.5. The first kappa shape index (κ1) is 13.3. The van der Waals surface area contributed by atoms with Crippen molar-refractivity contribution in [3.05, 3.63) is 54.4 Å². The van der Waals surface area contributed by atoms with E-state index in [0.717, 1.165) is 16.1 Å². The van der Waals surface area contributed by atoms with Crippen molar-refractivity contribution in [3.63, 3.8) is 0 Å². The summed E-state index contributed by atoms with van der Waals surface area (Å²) in [5, 5.41) is 2.70. The molecule has 1 N–H and O–H groups in total. The number of anilines is 1. The molecule has 0 unspecified atom stereocenters. The van der Waals surface area contributed by atoms with Gasteiger partial charge in [-0.15, -0.1) is 11.8 Å². The predicted molar refractivity (Wildman–Crippen MR) is 79.1 cm³/mol. The van der Waals surface area contributed by atoms with Gasteiger partial charge in [-0.2, -0.15) is 0 Å². The van der Waals surface area contributed by atoms with Crippen molar-refractivity contribution < 1.29 is 4.79 Å². The van der Waals surface area contributed by atoms with Crippen molar-refractivity contribution in [2.45, 2.75) is 4.90 Å². The van der Waals surface area contributed by atoms with E-state index >= 15 is 0 Å². The summed E-state index contributed by atoms with van der Waals surface area (Å²) in [5.41, 5.74) is 1.52. The van der Waals surface area contributed by atoms with E-state index in [0.29, 0.717) is 0 Å². The average Bonchev–Trinajstić information content (AvgIpc) is 2.47. The molecule has 0 aliphatic carbocycles. The second-order valence-electron chi connectivity index (χ2n) is 3.70. The molecule has 1 aromatic carbocycles. The number of carbonyl (C=O) groups excluding carboxylic acids is 1. The van der Waals surface area contributed by atoms with Crippen molar-refractivity contribution in [1.82, 2.24) is 4.98 Å². The van der Waals surface area contributed by atoms with E-state index in [9.17, 15) is 4.79 Å². The highest BCUT2D eigenvalue weighted by atomic mass is 32.2. The molecular formula is C14H13N3OS. The molecule has 2 aromatic rings. The fourth-order valence-electron chi connectivity index (χ4n) is 1.42. The minimum atomic E-state index is -0.402. The summed E-state index contributed by atoms with van der Waals surface area (Å²) in [4.78, 5) is 20.5. The van der Waals surface area contributed by atoms with Gasteiger partial charge in [0.25, 0.3) is 0 Å². The summed E-state index contributed by atoms with van der Waals surface area (Å²) >= 11 is 1.65. The Kier molecular flexibility index (Phi) is 4.69. The largest absolute Gasteiger partial charge is 0.345 e. The zero-order valence-electron chi connectivity index (χ0n) is 10.4. The van der Waals surface area contributed by atoms with Crippen LogP contribution in [0.3, 0.4) is 0 Å². The third kappa shape index (κ3) is 4.22. The smallest absolute Gasteiger partial charge is 0.306 e. The monoisotopic (exact) mass is 271 g/mol. The molecule has 0 fully saturated rings. The van der Waals surface area contributed by atoms with Crippen molar-refractivity contribution in [1.29, 1.82) is 0 Å². The Morgan fingerprint density at radius 1 is 1.32 bits per heavy atom. The molecule has 96 valence electrons. The highest BCUT2D eigenvalue weighted by Crippen LogP contribution is 2.17. The van der Waals surface area contributed by atoms with Gasteiger partial charge >= 0.3 is 6.03 Å². The molecule has 1 aromatic heterocycles. The van der Waals surface area contributed by atoms with Gasteiger partial charge in [-0.1, -0.05) is 6.07 Å². The number of urea groups is 1. The molecule has 0 aliphatic heterocycles. The van der Waals surface area contributed by atoms with Crippen LogP contribution in [0.15, 0.2) is 58.7 Å². The summed E-state index contributed by atoms with van der Waals surface area (Å²) in [7, 11) is 0. The normalized spacial score (nSPS) is 10.6. The lowest BCUT2D eigenvalue weighted by Gasteiger charge is -2.02. The first-order valence-electron chi connectivity index (χ1n) is 5.67. The SMILES string of the molecule is CSc1ccc(NC(=O)/N=C/c2cccnc2)cc1. The van der Waals surface area contributed by atoms with Gasteiger partial charge in [0.2, 0.25) is 0 Å². The standard InChI is InChI=1S/C14H13N3OS/c1-19-13-6-4-12(5-7-13)17-14(18)16-10-11-3-2-8-15-9-11/h2-10H,1H3,(H,17,18)/b16-10+. The Labute approximate surface area is 116 Å². The first-order chi connectivity index (χ1) is 9.28. The maximum absolute atomic E-state index is 11.6. The van der Waals surface area contributed by atoms with Crippen LogP contribution in [0.1, 0.15) is 5.56 Å². The second kappa shape index (κ2) is 6.70. The van der Waals surface area contributed by atoms with Gasteiger partial charge in [0.05, 0.1) is 0 Å². The van der Waals surface area contributed by atoms with E-state index in [2.05, 4.69) is 15.3 Å². The minimum Gasteiger partial charge on any atom is -0.306 e. The molecule has 0 saturated carbocycles. The summed E-state index contributed by atoms with van der Waals surface area (Å²) in [6, 6.07) is 10.8. The molecule has 2 rings (SSSR count). The number of carbonyl (C=O) groups is 1. The number of amides is 2. The predicted octanol–water partition coefficient (Wildman–Crippen LogP) is 3.45. The van der Waals surface area contributed by atoms with Gasteiger partial charge in [0.15, 0.2) is 0 Å². The summed E-state index contributed by atoms with van der Waals surface area (Å²) in [6.45, 7) is 0. The Bertz CT molecular complexity index is 567. The molecule has 5 heteroatoms. The van der Waals surface area contributed by atoms with Crippen molar-refractivity contribution in [3.8, 4) is 0 Å². The van der Waals surface area contributed by atoms with Gasteiger partial charge < -0.3 is 5.32 Å². The molecule has 0 saturated heterocycles. The lowest BCUT2D eigenvalue weighted by atomic mass is 10.3. The Hall–Kier alpha value is -2.14. The number of hydrogen-bond donors (Lipinski definition) is 1. The number of aliphatic imine (C=N–C) groups is 1. The number of benzene rings is 1. The Balaban J connectivity index is 1.95. The maximum atomic E-state index is 11.6. The van der Waals surface area contributed by atoms with E-state index in [-0.39, 0.29) is 0 Å². The van der Waals surface area contributed by atoms with Gasteiger partial charge in [0.1, 0.15) is 0 Å². The van der Waals surface area contributed by atoms with Crippen LogP contribution >= 0.6 is 11.8 Å². The van der Waals surface area contributed by atoms with E-state index < -0.39 is 6.03 Å². The Morgan fingerprint density at radius 2 is 2.11 bits per heavy atom. The Morgan fingerprint density at radius 3 is 2.74 bits per heavy atom. The number of thioether (sulfide) groups is 1. The molecule has 0 spiro atoms. The lowest BCUT2D eigenvalue weighted by molar-refractivity contribution is 0.259. The van der Waals surface area contributed by atoms with Gasteiger partial charge in [-0.05, 0) is 36.6 Å². The third-order valence-electron chi connectivity index (χ3n) is 2.36. The molecule has 0 radical (unpaired) electrons. The molecule has 19 heavy (non-hydrogen) atoms. The number of pyridine rings is 1. The van der Waals surface area contributed by atoms with Crippen molar-refractivity contribution >= 4 is 29.7 Å². The van der Waals surface area contributed by atoms with E-state index in [1.807, 2.05) is 36.6 Å². The van der Waals surface area contributed by atoms with Crippen LogP contribution in [-0.2, 0) is 0 Å². The first-order valence-corrected chi connectivity index (χ1v) is 6.89. The van der Waals surface area contributed by atoms with Gasteiger partial charge in [-0.3, -0.25) is 4.98 Å². The van der Waals surface area contributed by atoms with Crippen LogP contribution in [0, 0.1) is 0 Å². The van der Waals surface area contributed by atoms with Crippen molar-refractivity contribution in [2.75, 3.05) is 11.6 Å². The highest BCUT2D eigenvalue weighted by molar-refractivity contribution is 7.98. The van der Waals surface area contributed by atoms with Gasteiger partial charge in [0, 0.05) is 34.8 Å². The number of nitrogens with zero attached hydrogens (tertiary/aromatic N) is 2. The number of rotatable bonds is 3. The fraction of sp³-hybridized carbons (Fsp3) is 0.0714. The van der Waals surface area contributed by atoms with Crippen LogP contribution in [0.2, 0.25) is 0 Å². The van der Waals surface area contributed by atoms with E-state index in [1.54, 1.807) is 30.2 Å². The summed E-state index contributed by atoms with van der Waals surface area (Å²) < 4.78 is 0. The molecule has 0 bridgehead atoms.